The van der Waals surface area contributed by atoms with E-state index in [0.29, 0.717) is 18.4 Å². The molecule has 2 aromatic heterocycles. The van der Waals surface area contributed by atoms with Gasteiger partial charge < -0.3 is 10.1 Å². The first-order chi connectivity index (χ1) is 12.7. The van der Waals surface area contributed by atoms with Crippen molar-refractivity contribution in [2.45, 2.75) is 38.5 Å². The summed E-state index contributed by atoms with van der Waals surface area (Å²) in [6.45, 7) is 4.19. The molecule has 0 unspecified atom stereocenters. The van der Waals surface area contributed by atoms with Crippen LogP contribution in [0.5, 0.6) is 0 Å². The highest BCUT2D eigenvalue weighted by Gasteiger charge is 2.42. The first-order valence-electron chi connectivity index (χ1n) is 9.04. The zero-order valence-electron chi connectivity index (χ0n) is 14.8. The average Bonchev–Trinajstić information content (AvgIpc) is 3.11. The first kappa shape index (κ1) is 17.1. The fourth-order valence-corrected chi connectivity index (χ4v) is 3.91. The molecule has 4 rings (SSSR count). The second-order valence-corrected chi connectivity index (χ2v) is 6.98. The van der Waals surface area contributed by atoms with Gasteiger partial charge in [0.25, 0.3) is 0 Å². The number of piperidine rings is 1. The van der Waals surface area contributed by atoms with Crippen LogP contribution < -0.4 is 5.32 Å². The van der Waals surface area contributed by atoms with E-state index >= 15 is 0 Å². The summed E-state index contributed by atoms with van der Waals surface area (Å²) in [5, 5.41) is 2.87. The summed E-state index contributed by atoms with van der Waals surface area (Å²) in [4.78, 5) is 27.8. The standard InChI is InChI=1S/C19H23N5O2/c1-13-3-2-4-15(22-13)12-24-11-14(9-17-16(24)5-8-26-17)19(25)23-18-10-20-6-7-21-18/h2-4,6-7,10,14,16-17H,5,8-9,11-12H2,1H3,(H,21,23,25)/t14-,16+,17+/m0/s1. The Labute approximate surface area is 152 Å². The molecule has 0 aromatic carbocycles. The minimum Gasteiger partial charge on any atom is -0.377 e. The molecular formula is C19H23N5O2. The predicted molar refractivity (Wildman–Crippen MR) is 96.3 cm³/mol. The van der Waals surface area contributed by atoms with Crippen LogP contribution in [-0.2, 0) is 16.1 Å². The molecule has 2 saturated heterocycles. The van der Waals surface area contributed by atoms with Gasteiger partial charge in [0.15, 0.2) is 5.82 Å². The molecule has 0 aliphatic carbocycles. The number of hydrogen-bond acceptors (Lipinski definition) is 6. The summed E-state index contributed by atoms with van der Waals surface area (Å²) in [6.07, 6.45) is 6.57. The van der Waals surface area contributed by atoms with Crippen molar-refractivity contribution < 1.29 is 9.53 Å². The van der Waals surface area contributed by atoms with Gasteiger partial charge in [-0.2, -0.15) is 0 Å². The van der Waals surface area contributed by atoms with Crippen molar-refractivity contribution in [3.05, 3.63) is 48.2 Å². The number of anilines is 1. The number of fused-ring (bicyclic) bond motifs is 1. The van der Waals surface area contributed by atoms with E-state index < -0.39 is 0 Å². The molecule has 0 bridgehead atoms. The van der Waals surface area contributed by atoms with E-state index in [9.17, 15) is 4.79 Å². The van der Waals surface area contributed by atoms with Crippen LogP contribution in [0.3, 0.4) is 0 Å². The molecule has 2 aromatic rings. The van der Waals surface area contributed by atoms with Crippen LogP contribution in [0.1, 0.15) is 24.2 Å². The van der Waals surface area contributed by atoms with Crippen molar-refractivity contribution >= 4 is 11.7 Å². The SMILES string of the molecule is Cc1cccc(CN2C[C@@H](C(=O)Nc3cnccn3)C[C@H]3OCC[C@H]32)n1. The maximum atomic E-state index is 12.7. The molecule has 2 aliphatic heterocycles. The van der Waals surface area contributed by atoms with Gasteiger partial charge in [-0.3, -0.25) is 19.7 Å². The maximum Gasteiger partial charge on any atom is 0.230 e. The Morgan fingerprint density at radius 3 is 3.12 bits per heavy atom. The normalized spacial score (nSPS) is 25.7. The van der Waals surface area contributed by atoms with Gasteiger partial charge in [-0.1, -0.05) is 6.07 Å². The quantitative estimate of drug-likeness (QED) is 0.903. The summed E-state index contributed by atoms with van der Waals surface area (Å²) in [5.41, 5.74) is 2.04. The number of hydrogen-bond donors (Lipinski definition) is 1. The fourth-order valence-electron chi connectivity index (χ4n) is 3.91. The van der Waals surface area contributed by atoms with Crippen LogP contribution >= 0.6 is 0 Å². The lowest BCUT2D eigenvalue weighted by Gasteiger charge is -2.40. The summed E-state index contributed by atoms with van der Waals surface area (Å²) < 4.78 is 5.91. The highest BCUT2D eigenvalue weighted by molar-refractivity contribution is 5.91. The van der Waals surface area contributed by atoms with Crippen molar-refractivity contribution in [3.63, 3.8) is 0 Å². The average molecular weight is 353 g/mol. The molecule has 3 atom stereocenters. The second kappa shape index (κ2) is 7.47. The zero-order valence-corrected chi connectivity index (χ0v) is 14.8. The number of ether oxygens (including phenoxy) is 1. The molecule has 1 amide bonds. The van der Waals surface area contributed by atoms with Gasteiger partial charge in [-0.25, -0.2) is 4.98 Å². The number of pyridine rings is 1. The maximum absolute atomic E-state index is 12.7. The second-order valence-electron chi connectivity index (χ2n) is 6.98. The van der Waals surface area contributed by atoms with Crippen LogP contribution in [0.25, 0.3) is 0 Å². The van der Waals surface area contributed by atoms with Crippen LogP contribution in [0.4, 0.5) is 5.82 Å². The summed E-state index contributed by atoms with van der Waals surface area (Å²) in [6, 6.07) is 6.43. The van der Waals surface area contributed by atoms with E-state index in [1.54, 1.807) is 18.6 Å². The highest BCUT2D eigenvalue weighted by Crippen LogP contribution is 2.32. The Bertz CT molecular complexity index is 770. The zero-order chi connectivity index (χ0) is 17.9. The smallest absolute Gasteiger partial charge is 0.230 e. The van der Waals surface area contributed by atoms with Crippen LogP contribution in [0.15, 0.2) is 36.8 Å². The number of rotatable bonds is 4. The molecule has 7 nitrogen and oxygen atoms in total. The number of aromatic nitrogens is 3. The largest absolute Gasteiger partial charge is 0.377 e. The topological polar surface area (TPSA) is 80.2 Å². The molecule has 26 heavy (non-hydrogen) atoms. The van der Waals surface area contributed by atoms with Crippen molar-refractivity contribution in [3.8, 4) is 0 Å². The lowest BCUT2D eigenvalue weighted by molar-refractivity contribution is -0.124. The van der Waals surface area contributed by atoms with Crippen LogP contribution in [0, 0.1) is 12.8 Å². The molecule has 1 N–H and O–H groups in total. The minimum atomic E-state index is -0.138. The number of nitrogens with one attached hydrogen (secondary N) is 1. The van der Waals surface area contributed by atoms with Crippen molar-refractivity contribution in [1.82, 2.24) is 19.9 Å². The van der Waals surface area contributed by atoms with Gasteiger partial charge in [0.1, 0.15) is 0 Å². The number of nitrogens with zero attached hydrogens (tertiary/aromatic N) is 4. The number of likely N-dealkylation sites (tertiary alicyclic amines) is 1. The number of carbonyl (C=O) groups is 1. The minimum absolute atomic E-state index is 0.0262. The van der Waals surface area contributed by atoms with E-state index in [1.807, 2.05) is 25.1 Å². The number of amides is 1. The predicted octanol–water partition coefficient (Wildman–Crippen LogP) is 1.80. The van der Waals surface area contributed by atoms with E-state index in [4.69, 9.17) is 4.74 Å². The van der Waals surface area contributed by atoms with E-state index in [0.717, 1.165) is 37.4 Å². The third-order valence-corrected chi connectivity index (χ3v) is 5.11. The molecular weight excluding hydrogens is 330 g/mol. The third kappa shape index (κ3) is 3.73. The summed E-state index contributed by atoms with van der Waals surface area (Å²) in [7, 11) is 0. The third-order valence-electron chi connectivity index (χ3n) is 5.11. The molecule has 2 aliphatic rings. The van der Waals surface area contributed by atoms with Gasteiger partial charge in [0.05, 0.1) is 23.9 Å². The monoisotopic (exact) mass is 353 g/mol. The van der Waals surface area contributed by atoms with Crippen LogP contribution in [-0.4, -0.2) is 51.1 Å². The van der Waals surface area contributed by atoms with Gasteiger partial charge in [-0.15, -0.1) is 0 Å². The Kier molecular flexibility index (Phi) is 4.90. The van der Waals surface area contributed by atoms with E-state index in [-0.39, 0.29) is 17.9 Å². The van der Waals surface area contributed by atoms with Crippen molar-refractivity contribution in [1.29, 1.82) is 0 Å². The fraction of sp³-hybridized carbons (Fsp3) is 0.474. The molecule has 7 heteroatoms. The highest BCUT2D eigenvalue weighted by atomic mass is 16.5. The van der Waals surface area contributed by atoms with Crippen molar-refractivity contribution in [2.24, 2.45) is 5.92 Å². The van der Waals surface area contributed by atoms with E-state index in [2.05, 4.69) is 25.2 Å². The Morgan fingerprint density at radius 2 is 2.31 bits per heavy atom. The lowest BCUT2D eigenvalue weighted by atomic mass is 9.89. The van der Waals surface area contributed by atoms with Gasteiger partial charge >= 0.3 is 0 Å². The number of carbonyl (C=O) groups excluding carboxylic acids is 1. The molecule has 136 valence electrons. The molecule has 2 fully saturated rings. The summed E-state index contributed by atoms with van der Waals surface area (Å²) >= 11 is 0. The van der Waals surface area contributed by atoms with Crippen LogP contribution in [0.2, 0.25) is 0 Å². The van der Waals surface area contributed by atoms with Gasteiger partial charge in [0.2, 0.25) is 5.91 Å². The Morgan fingerprint density at radius 1 is 1.38 bits per heavy atom. The summed E-state index contributed by atoms with van der Waals surface area (Å²) in [5.74, 6) is 0.321. The lowest BCUT2D eigenvalue weighted by Crippen LogP contribution is -2.51. The molecule has 0 spiro atoms. The van der Waals surface area contributed by atoms with E-state index in [1.165, 1.54) is 0 Å². The first-order valence-corrected chi connectivity index (χ1v) is 9.04. The van der Waals surface area contributed by atoms with Crippen molar-refractivity contribution in [2.75, 3.05) is 18.5 Å². The Balaban J connectivity index is 1.48. The Hall–Kier alpha value is -2.38. The molecule has 0 saturated carbocycles. The molecule has 0 radical (unpaired) electrons. The number of aryl methyl sites for hydroxylation is 1. The van der Waals surface area contributed by atoms with Gasteiger partial charge in [0, 0.05) is 43.8 Å². The molecule has 4 heterocycles. The van der Waals surface area contributed by atoms with Gasteiger partial charge in [-0.05, 0) is 31.9 Å².